The van der Waals surface area contributed by atoms with E-state index >= 15 is 0 Å². The molecule has 0 fully saturated rings. The largest absolute Gasteiger partial charge is 0.464 e. The molecule has 0 aromatic heterocycles. The van der Waals surface area contributed by atoms with Crippen molar-refractivity contribution in [3.8, 4) is 6.07 Å². The molecule has 0 aliphatic rings. The molecular weight excluding hydrogens is 291 g/mol. The summed E-state index contributed by atoms with van der Waals surface area (Å²) in [4.78, 5) is 11.3. The zero-order valence-corrected chi connectivity index (χ0v) is 10.9. The maximum Gasteiger partial charge on any atom is 0.416 e. The number of benzene rings is 1. The second-order valence-electron chi connectivity index (χ2n) is 4.05. The van der Waals surface area contributed by atoms with Crippen molar-refractivity contribution in [2.45, 2.75) is 25.3 Å². The van der Waals surface area contributed by atoms with Gasteiger partial charge in [0, 0.05) is 5.56 Å². The van der Waals surface area contributed by atoms with Crippen LogP contribution in [0.3, 0.4) is 0 Å². The van der Waals surface area contributed by atoms with Crippen LogP contribution in [0.15, 0.2) is 18.2 Å². The standard InChI is InChI=1S/C13H12F3NO4/c1-2-21-12(20)11(19)10(18)9-5-8(13(14,15)16)4-3-7(9)6-17/h3-5,10-11,18-19H,2H2,1H3. The molecule has 0 amide bonds. The number of ether oxygens (including phenoxy) is 1. The van der Waals surface area contributed by atoms with Crippen LogP contribution < -0.4 is 0 Å². The van der Waals surface area contributed by atoms with Gasteiger partial charge in [-0.05, 0) is 25.1 Å². The van der Waals surface area contributed by atoms with E-state index in [-0.39, 0.29) is 12.2 Å². The van der Waals surface area contributed by atoms with E-state index in [0.717, 1.165) is 6.07 Å². The number of hydrogen-bond acceptors (Lipinski definition) is 5. The first kappa shape index (κ1) is 16.9. The Labute approximate surface area is 118 Å². The molecule has 0 heterocycles. The Hall–Kier alpha value is -2.11. The second kappa shape index (κ2) is 6.56. The second-order valence-corrected chi connectivity index (χ2v) is 4.05. The van der Waals surface area contributed by atoms with Crippen molar-refractivity contribution in [1.29, 1.82) is 5.26 Å². The number of nitrogens with zero attached hydrogens (tertiary/aromatic N) is 1. The number of carbonyl (C=O) groups is 1. The fraction of sp³-hybridized carbons (Fsp3) is 0.385. The van der Waals surface area contributed by atoms with Crippen molar-refractivity contribution < 1.29 is 32.9 Å². The maximum absolute atomic E-state index is 12.6. The van der Waals surface area contributed by atoms with E-state index in [1.54, 1.807) is 6.07 Å². The lowest BCUT2D eigenvalue weighted by Crippen LogP contribution is -2.30. The number of halogens is 3. The predicted octanol–water partition coefficient (Wildman–Crippen LogP) is 1.53. The van der Waals surface area contributed by atoms with Crippen LogP contribution in [0.1, 0.15) is 29.7 Å². The number of aliphatic hydroxyl groups is 2. The minimum atomic E-state index is -4.68. The molecule has 1 rings (SSSR count). The molecule has 2 unspecified atom stereocenters. The van der Waals surface area contributed by atoms with Crippen LogP contribution in [-0.2, 0) is 15.7 Å². The Bertz CT molecular complexity index is 566. The van der Waals surface area contributed by atoms with Crippen molar-refractivity contribution in [2.24, 2.45) is 0 Å². The minimum Gasteiger partial charge on any atom is -0.464 e. The van der Waals surface area contributed by atoms with E-state index in [1.165, 1.54) is 6.92 Å². The molecule has 21 heavy (non-hydrogen) atoms. The smallest absolute Gasteiger partial charge is 0.416 e. The van der Waals surface area contributed by atoms with Gasteiger partial charge in [-0.2, -0.15) is 18.4 Å². The molecule has 5 nitrogen and oxygen atoms in total. The number of alkyl halides is 3. The third-order valence-electron chi connectivity index (χ3n) is 2.65. The van der Waals surface area contributed by atoms with Gasteiger partial charge in [0.2, 0.25) is 0 Å². The highest BCUT2D eigenvalue weighted by atomic mass is 19.4. The first-order chi connectivity index (χ1) is 9.72. The fourth-order valence-corrected chi connectivity index (χ4v) is 1.61. The number of aliphatic hydroxyl groups excluding tert-OH is 2. The minimum absolute atomic E-state index is 0.0731. The normalized spacial score (nSPS) is 14.1. The quantitative estimate of drug-likeness (QED) is 0.823. The zero-order valence-electron chi connectivity index (χ0n) is 10.9. The lowest BCUT2D eigenvalue weighted by Gasteiger charge is -2.19. The first-order valence-corrected chi connectivity index (χ1v) is 5.86. The number of nitriles is 1. The van der Waals surface area contributed by atoms with Crippen molar-refractivity contribution in [1.82, 2.24) is 0 Å². The molecule has 2 atom stereocenters. The van der Waals surface area contributed by atoms with Gasteiger partial charge < -0.3 is 14.9 Å². The third-order valence-corrected chi connectivity index (χ3v) is 2.65. The Balaban J connectivity index is 3.21. The first-order valence-electron chi connectivity index (χ1n) is 5.86. The molecule has 0 saturated heterocycles. The molecule has 8 heteroatoms. The summed E-state index contributed by atoms with van der Waals surface area (Å²) in [5.74, 6) is -1.19. The van der Waals surface area contributed by atoms with Crippen LogP contribution in [0.25, 0.3) is 0 Å². The lowest BCUT2D eigenvalue weighted by molar-refractivity contribution is -0.159. The van der Waals surface area contributed by atoms with Gasteiger partial charge in [-0.3, -0.25) is 0 Å². The topological polar surface area (TPSA) is 90.6 Å². The van der Waals surface area contributed by atoms with Gasteiger partial charge in [0.25, 0.3) is 0 Å². The fourth-order valence-electron chi connectivity index (χ4n) is 1.61. The van der Waals surface area contributed by atoms with Crippen LogP contribution in [0.4, 0.5) is 13.2 Å². The molecule has 1 aromatic rings. The molecule has 0 aliphatic carbocycles. The molecule has 0 radical (unpaired) electrons. The third kappa shape index (κ3) is 3.93. The van der Waals surface area contributed by atoms with Gasteiger partial charge in [-0.15, -0.1) is 0 Å². The van der Waals surface area contributed by atoms with Crippen molar-refractivity contribution in [3.05, 3.63) is 34.9 Å². The van der Waals surface area contributed by atoms with E-state index in [2.05, 4.69) is 4.74 Å². The van der Waals surface area contributed by atoms with Gasteiger partial charge in [-0.1, -0.05) is 0 Å². The van der Waals surface area contributed by atoms with Crippen LogP contribution in [-0.4, -0.2) is 28.9 Å². The molecule has 0 bridgehead atoms. The highest BCUT2D eigenvalue weighted by Gasteiger charge is 2.34. The predicted molar refractivity (Wildman–Crippen MR) is 63.8 cm³/mol. The summed E-state index contributed by atoms with van der Waals surface area (Å²) >= 11 is 0. The number of esters is 1. The Kier molecular flexibility index (Phi) is 5.29. The highest BCUT2D eigenvalue weighted by Crippen LogP contribution is 2.33. The number of rotatable bonds is 4. The molecule has 2 N–H and O–H groups in total. The number of hydrogen-bond donors (Lipinski definition) is 2. The van der Waals surface area contributed by atoms with E-state index in [9.17, 15) is 28.2 Å². The zero-order chi connectivity index (χ0) is 16.2. The van der Waals surface area contributed by atoms with E-state index in [0.29, 0.717) is 12.1 Å². The van der Waals surface area contributed by atoms with E-state index in [4.69, 9.17) is 5.26 Å². The van der Waals surface area contributed by atoms with Gasteiger partial charge in [0.1, 0.15) is 6.10 Å². The Morgan fingerprint density at radius 1 is 1.43 bits per heavy atom. The average Bonchev–Trinajstić information content (AvgIpc) is 2.44. The summed E-state index contributed by atoms with van der Waals surface area (Å²) in [5, 5.41) is 28.2. The molecule has 0 saturated carbocycles. The highest BCUT2D eigenvalue weighted by molar-refractivity contribution is 5.75. The molecular formula is C13H12F3NO4. The summed E-state index contributed by atoms with van der Waals surface area (Å²) < 4.78 is 42.3. The van der Waals surface area contributed by atoms with Crippen LogP contribution in [0, 0.1) is 11.3 Å². The van der Waals surface area contributed by atoms with Crippen molar-refractivity contribution >= 4 is 5.97 Å². The van der Waals surface area contributed by atoms with Gasteiger partial charge in [0.05, 0.1) is 23.8 Å². The summed E-state index contributed by atoms with van der Waals surface area (Å²) in [7, 11) is 0. The Morgan fingerprint density at radius 2 is 2.05 bits per heavy atom. The maximum atomic E-state index is 12.6. The monoisotopic (exact) mass is 303 g/mol. The van der Waals surface area contributed by atoms with Crippen LogP contribution in [0.5, 0.6) is 0 Å². The van der Waals surface area contributed by atoms with Gasteiger partial charge >= 0.3 is 12.1 Å². The lowest BCUT2D eigenvalue weighted by atomic mass is 9.96. The van der Waals surface area contributed by atoms with Crippen LogP contribution >= 0.6 is 0 Å². The van der Waals surface area contributed by atoms with Crippen molar-refractivity contribution in [3.63, 3.8) is 0 Å². The molecule has 0 aliphatic heterocycles. The van der Waals surface area contributed by atoms with Gasteiger partial charge in [-0.25, -0.2) is 4.79 Å². The average molecular weight is 303 g/mol. The summed E-state index contributed by atoms with van der Waals surface area (Å²) in [5.41, 5.74) is -1.88. The van der Waals surface area contributed by atoms with Crippen LogP contribution in [0.2, 0.25) is 0 Å². The van der Waals surface area contributed by atoms with Gasteiger partial charge in [0.15, 0.2) is 6.10 Å². The van der Waals surface area contributed by atoms with Crippen molar-refractivity contribution in [2.75, 3.05) is 6.61 Å². The van der Waals surface area contributed by atoms with E-state index < -0.39 is 35.5 Å². The molecule has 114 valence electrons. The summed E-state index contributed by atoms with van der Waals surface area (Å²) in [6.07, 6.45) is -8.77. The Morgan fingerprint density at radius 3 is 2.52 bits per heavy atom. The van der Waals surface area contributed by atoms with E-state index in [1.807, 2.05) is 0 Å². The molecule has 0 spiro atoms. The summed E-state index contributed by atoms with van der Waals surface area (Å²) in [6.45, 7) is 1.39. The number of carbonyl (C=O) groups excluding carboxylic acids is 1. The summed E-state index contributed by atoms with van der Waals surface area (Å²) in [6, 6.07) is 3.64. The SMILES string of the molecule is CCOC(=O)C(O)C(O)c1cc(C(F)(F)F)ccc1C#N. The molecule has 1 aromatic carbocycles.